The maximum atomic E-state index is 11.5. The summed E-state index contributed by atoms with van der Waals surface area (Å²) in [7, 11) is 1.33. The molecule has 0 bridgehead atoms. The van der Waals surface area contributed by atoms with Crippen molar-refractivity contribution in [2.24, 2.45) is 0 Å². The number of esters is 1. The molecule has 1 heterocycles. The van der Waals surface area contributed by atoms with E-state index in [0.717, 1.165) is 0 Å². The largest absolute Gasteiger partial charge is 0.467 e. The lowest BCUT2D eigenvalue weighted by atomic mass is 10.1. The molecule has 6 nitrogen and oxygen atoms in total. The second-order valence-corrected chi connectivity index (χ2v) is 5.27. The van der Waals surface area contributed by atoms with Crippen LogP contribution in [0.2, 0.25) is 0 Å². The molecule has 1 N–H and O–H groups in total. The first kappa shape index (κ1) is 14.8. The van der Waals surface area contributed by atoms with E-state index in [0.29, 0.717) is 19.4 Å². The molecule has 1 aliphatic rings. The SMILES string of the molecule is COC(=O)C1CCC(NC(=O)OC(C)(C)C)CO1. The molecule has 18 heavy (non-hydrogen) atoms. The standard InChI is InChI=1S/C12H21NO5/c1-12(2,3)18-11(15)13-8-5-6-9(17-7-8)10(14)16-4/h8-9H,5-7H2,1-4H3,(H,13,15). The maximum absolute atomic E-state index is 11.5. The summed E-state index contributed by atoms with van der Waals surface area (Å²) in [5.41, 5.74) is -0.520. The summed E-state index contributed by atoms with van der Waals surface area (Å²) in [4.78, 5) is 22.7. The van der Waals surface area contributed by atoms with E-state index in [1.165, 1.54) is 7.11 Å². The highest BCUT2D eigenvalue weighted by molar-refractivity contribution is 5.74. The van der Waals surface area contributed by atoms with E-state index in [2.05, 4.69) is 10.1 Å². The van der Waals surface area contributed by atoms with Crippen molar-refractivity contribution in [3.05, 3.63) is 0 Å². The molecule has 0 saturated carbocycles. The summed E-state index contributed by atoms with van der Waals surface area (Å²) in [5, 5.41) is 2.71. The topological polar surface area (TPSA) is 73.9 Å². The van der Waals surface area contributed by atoms with E-state index in [-0.39, 0.29) is 12.0 Å². The Balaban J connectivity index is 2.31. The quantitative estimate of drug-likeness (QED) is 0.755. The lowest BCUT2D eigenvalue weighted by Gasteiger charge is -2.29. The third kappa shape index (κ3) is 4.91. The Morgan fingerprint density at radius 2 is 1.94 bits per heavy atom. The highest BCUT2D eigenvalue weighted by Crippen LogP contribution is 2.15. The number of hydrogen-bond acceptors (Lipinski definition) is 5. The zero-order valence-electron chi connectivity index (χ0n) is 11.3. The van der Waals surface area contributed by atoms with Gasteiger partial charge < -0.3 is 19.5 Å². The van der Waals surface area contributed by atoms with Crippen molar-refractivity contribution >= 4 is 12.1 Å². The van der Waals surface area contributed by atoms with E-state index in [1.54, 1.807) is 20.8 Å². The van der Waals surface area contributed by atoms with Gasteiger partial charge in [-0.2, -0.15) is 0 Å². The first-order valence-electron chi connectivity index (χ1n) is 6.01. The molecule has 0 aromatic rings. The smallest absolute Gasteiger partial charge is 0.407 e. The van der Waals surface area contributed by atoms with E-state index >= 15 is 0 Å². The molecule has 1 amide bonds. The number of methoxy groups -OCH3 is 1. The van der Waals surface area contributed by atoms with Gasteiger partial charge in [0.25, 0.3) is 0 Å². The van der Waals surface area contributed by atoms with Crippen LogP contribution in [-0.2, 0) is 19.0 Å². The normalized spacial score (nSPS) is 24.2. The van der Waals surface area contributed by atoms with Crippen molar-refractivity contribution in [3.63, 3.8) is 0 Å². The fourth-order valence-electron chi connectivity index (χ4n) is 1.66. The van der Waals surface area contributed by atoms with Gasteiger partial charge in [0.2, 0.25) is 0 Å². The van der Waals surface area contributed by atoms with Gasteiger partial charge in [0.1, 0.15) is 5.60 Å². The lowest BCUT2D eigenvalue weighted by molar-refractivity contribution is -0.157. The van der Waals surface area contributed by atoms with Crippen LogP contribution < -0.4 is 5.32 Å². The second-order valence-electron chi connectivity index (χ2n) is 5.27. The predicted molar refractivity (Wildman–Crippen MR) is 64.1 cm³/mol. The van der Waals surface area contributed by atoms with Crippen LogP contribution in [0.25, 0.3) is 0 Å². The molecule has 0 aliphatic carbocycles. The van der Waals surface area contributed by atoms with Crippen LogP contribution in [0, 0.1) is 0 Å². The molecular formula is C12H21NO5. The van der Waals surface area contributed by atoms with Gasteiger partial charge in [-0.05, 0) is 33.6 Å². The molecule has 1 saturated heterocycles. The minimum absolute atomic E-state index is 0.124. The number of carbonyl (C=O) groups excluding carboxylic acids is 2. The van der Waals surface area contributed by atoms with Crippen molar-refractivity contribution in [1.29, 1.82) is 0 Å². The molecule has 2 unspecified atom stereocenters. The highest BCUT2D eigenvalue weighted by Gasteiger charge is 2.29. The van der Waals surface area contributed by atoms with E-state index < -0.39 is 17.8 Å². The third-order valence-corrected chi connectivity index (χ3v) is 2.46. The molecule has 1 rings (SSSR count). The number of carbonyl (C=O) groups is 2. The van der Waals surface area contributed by atoms with Gasteiger partial charge in [-0.1, -0.05) is 0 Å². The number of amides is 1. The molecule has 104 valence electrons. The van der Waals surface area contributed by atoms with E-state index in [9.17, 15) is 9.59 Å². The summed E-state index contributed by atoms with van der Waals surface area (Å²) in [6, 6.07) is -0.124. The minimum Gasteiger partial charge on any atom is -0.467 e. The highest BCUT2D eigenvalue weighted by atomic mass is 16.6. The van der Waals surface area contributed by atoms with Crippen molar-refractivity contribution in [3.8, 4) is 0 Å². The minimum atomic E-state index is -0.522. The lowest BCUT2D eigenvalue weighted by Crippen LogP contribution is -2.46. The van der Waals surface area contributed by atoms with Crippen molar-refractivity contribution in [2.75, 3.05) is 13.7 Å². The van der Waals surface area contributed by atoms with Crippen LogP contribution in [0.5, 0.6) is 0 Å². The van der Waals surface area contributed by atoms with Crippen LogP contribution in [-0.4, -0.2) is 43.5 Å². The zero-order chi connectivity index (χ0) is 13.8. The van der Waals surface area contributed by atoms with Gasteiger partial charge in [-0.3, -0.25) is 0 Å². The Kier molecular flexibility index (Phi) is 4.95. The fraction of sp³-hybridized carbons (Fsp3) is 0.833. The van der Waals surface area contributed by atoms with Crippen LogP contribution in [0.1, 0.15) is 33.6 Å². The van der Waals surface area contributed by atoms with Gasteiger partial charge in [0.05, 0.1) is 19.8 Å². The van der Waals surface area contributed by atoms with Crippen molar-refractivity contribution in [2.45, 2.75) is 51.4 Å². The first-order chi connectivity index (χ1) is 8.31. The Labute approximate surface area is 107 Å². The van der Waals surface area contributed by atoms with Crippen LogP contribution in [0.4, 0.5) is 4.79 Å². The maximum Gasteiger partial charge on any atom is 0.407 e. The van der Waals surface area contributed by atoms with Gasteiger partial charge in [-0.25, -0.2) is 9.59 Å². The first-order valence-corrected chi connectivity index (χ1v) is 6.01. The summed E-state index contributed by atoms with van der Waals surface area (Å²) in [6.45, 7) is 5.70. The van der Waals surface area contributed by atoms with E-state index in [4.69, 9.17) is 9.47 Å². The van der Waals surface area contributed by atoms with Gasteiger partial charge in [0.15, 0.2) is 6.10 Å². The summed E-state index contributed by atoms with van der Waals surface area (Å²) in [6.07, 6.45) is 0.214. The Morgan fingerprint density at radius 1 is 1.28 bits per heavy atom. The second kappa shape index (κ2) is 6.04. The summed E-state index contributed by atoms with van der Waals surface area (Å²) in [5.74, 6) is -0.370. The fourth-order valence-corrected chi connectivity index (χ4v) is 1.66. The molecule has 0 aromatic heterocycles. The Bertz CT molecular complexity index is 302. The molecule has 6 heteroatoms. The number of hydrogen-bond donors (Lipinski definition) is 1. The van der Waals surface area contributed by atoms with Crippen LogP contribution in [0.3, 0.4) is 0 Å². The van der Waals surface area contributed by atoms with Crippen molar-refractivity contribution < 1.29 is 23.8 Å². The van der Waals surface area contributed by atoms with Crippen molar-refractivity contribution in [1.82, 2.24) is 5.32 Å². The molecule has 1 aliphatic heterocycles. The molecular weight excluding hydrogens is 238 g/mol. The molecule has 0 aromatic carbocycles. The zero-order valence-corrected chi connectivity index (χ0v) is 11.3. The molecule has 0 radical (unpaired) electrons. The Hall–Kier alpha value is -1.30. The average Bonchev–Trinajstić information content (AvgIpc) is 2.26. The molecule has 0 spiro atoms. The number of nitrogens with one attached hydrogen (secondary N) is 1. The summed E-state index contributed by atoms with van der Waals surface area (Å²) < 4.78 is 15.1. The van der Waals surface area contributed by atoms with Gasteiger partial charge >= 0.3 is 12.1 Å². The third-order valence-electron chi connectivity index (χ3n) is 2.46. The number of rotatable bonds is 2. The summed E-state index contributed by atoms with van der Waals surface area (Å²) >= 11 is 0. The van der Waals surface area contributed by atoms with Gasteiger partial charge in [-0.15, -0.1) is 0 Å². The molecule has 1 fully saturated rings. The van der Waals surface area contributed by atoms with Gasteiger partial charge in [0, 0.05) is 0 Å². The van der Waals surface area contributed by atoms with E-state index in [1.807, 2.05) is 0 Å². The Morgan fingerprint density at radius 3 is 2.39 bits per heavy atom. The van der Waals surface area contributed by atoms with Crippen LogP contribution >= 0.6 is 0 Å². The number of ether oxygens (including phenoxy) is 3. The number of alkyl carbamates (subject to hydrolysis) is 1. The average molecular weight is 259 g/mol. The monoisotopic (exact) mass is 259 g/mol. The molecule has 2 atom stereocenters. The predicted octanol–water partition coefficient (Wildman–Crippen LogP) is 1.23. The van der Waals surface area contributed by atoms with Crippen LogP contribution in [0.15, 0.2) is 0 Å².